The molecule has 1 aromatic carbocycles. The molecular weight excluding hydrogens is 412 g/mol. The van der Waals surface area contributed by atoms with Gasteiger partial charge >= 0.3 is 6.03 Å². The number of aromatic amines is 1. The number of likely N-dealkylation sites (tertiary alicyclic amines) is 1. The van der Waals surface area contributed by atoms with Crippen LogP contribution >= 0.6 is 0 Å². The highest BCUT2D eigenvalue weighted by atomic mass is 16.5. The van der Waals surface area contributed by atoms with Crippen molar-refractivity contribution < 1.29 is 9.53 Å². The molecule has 2 heterocycles. The molecule has 0 bridgehead atoms. The van der Waals surface area contributed by atoms with Crippen LogP contribution in [-0.4, -0.2) is 53.0 Å². The summed E-state index contributed by atoms with van der Waals surface area (Å²) in [7, 11) is 0. The van der Waals surface area contributed by atoms with Gasteiger partial charge in [-0.15, -0.1) is 0 Å². The topological polar surface area (TPSA) is 70.2 Å². The molecule has 5 rings (SSSR count). The third-order valence-electron chi connectivity index (χ3n) is 8.16. The van der Waals surface area contributed by atoms with Gasteiger partial charge in [0.2, 0.25) is 0 Å². The molecule has 6 nitrogen and oxygen atoms in total. The molecule has 33 heavy (non-hydrogen) atoms. The number of ether oxygens (including phenoxy) is 1. The van der Waals surface area contributed by atoms with Crippen LogP contribution in [0.4, 0.5) is 4.79 Å². The third-order valence-corrected chi connectivity index (χ3v) is 8.16. The molecule has 178 valence electrons. The van der Waals surface area contributed by atoms with Gasteiger partial charge in [0, 0.05) is 25.2 Å². The molecule has 0 unspecified atom stereocenters. The summed E-state index contributed by atoms with van der Waals surface area (Å²) >= 11 is 0. The first-order chi connectivity index (χ1) is 16.3. The van der Waals surface area contributed by atoms with Crippen molar-refractivity contribution in [1.82, 2.24) is 20.4 Å². The molecule has 0 spiro atoms. The van der Waals surface area contributed by atoms with E-state index in [1.54, 1.807) is 0 Å². The van der Waals surface area contributed by atoms with Crippen molar-refractivity contribution in [1.29, 1.82) is 0 Å². The monoisotopic (exact) mass is 450 g/mol. The van der Waals surface area contributed by atoms with Crippen LogP contribution in [0.1, 0.15) is 80.9 Å². The van der Waals surface area contributed by atoms with Crippen molar-refractivity contribution in [2.75, 3.05) is 19.7 Å². The number of aromatic nitrogens is 2. The molecule has 2 aliphatic carbocycles. The van der Waals surface area contributed by atoms with E-state index in [0.29, 0.717) is 18.4 Å². The summed E-state index contributed by atoms with van der Waals surface area (Å²) in [5.74, 6) is 1.53. The van der Waals surface area contributed by atoms with Crippen molar-refractivity contribution in [2.24, 2.45) is 5.92 Å². The van der Waals surface area contributed by atoms with E-state index < -0.39 is 0 Å². The SMILES string of the molecule is O=C(NCC1CCC1)N1CCC[C@H](c2cc[nH]n2)[C@@H]1CO[C@H]1CC[C@@H](c2ccccc2)CC1. The quantitative estimate of drug-likeness (QED) is 0.608. The Hall–Kier alpha value is -2.34. The Balaban J connectivity index is 1.20. The van der Waals surface area contributed by atoms with Crippen molar-refractivity contribution in [3.05, 3.63) is 53.9 Å². The van der Waals surface area contributed by atoms with E-state index in [2.05, 4.69) is 51.9 Å². The van der Waals surface area contributed by atoms with Crippen LogP contribution in [0.3, 0.4) is 0 Å². The Morgan fingerprint density at radius 3 is 2.55 bits per heavy atom. The van der Waals surface area contributed by atoms with Crippen molar-refractivity contribution >= 4 is 6.03 Å². The van der Waals surface area contributed by atoms with Gasteiger partial charge in [-0.2, -0.15) is 5.10 Å². The molecule has 1 aromatic heterocycles. The van der Waals surface area contributed by atoms with Gasteiger partial charge in [-0.05, 0) is 74.8 Å². The van der Waals surface area contributed by atoms with Crippen LogP contribution < -0.4 is 5.32 Å². The fourth-order valence-electron chi connectivity index (χ4n) is 5.89. The molecule has 2 saturated carbocycles. The van der Waals surface area contributed by atoms with Crippen molar-refractivity contribution in [2.45, 2.75) is 81.8 Å². The minimum Gasteiger partial charge on any atom is -0.376 e. The zero-order chi connectivity index (χ0) is 22.5. The van der Waals surface area contributed by atoms with E-state index in [-0.39, 0.29) is 24.1 Å². The standard InChI is InChI=1S/C27H38N4O2/c32-27(28-18-20-6-4-7-20)31-17-5-10-24(25-15-16-29-30-25)26(31)19-33-23-13-11-22(12-14-23)21-8-2-1-3-9-21/h1-3,8-9,15-16,20,22-24,26H,4-7,10-14,17-19H2,(H,28,32)(H,29,30)/t22-,23+,24-,26+/m1/s1. The summed E-state index contributed by atoms with van der Waals surface area (Å²) in [6, 6.07) is 13.0. The summed E-state index contributed by atoms with van der Waals surface area (Å²) in [6.07, 6.45) is 12.5. The number of carbonyl (C=O) groups excluding carboxylic acids is 1. The van der Waals surface area contributed by atoms with Gasteiger partial charge in [0.15, 0.2) is 0 Å². The van der Waals surface area contributed by atoms with Crippen molar-refractivity contribution in [3.63, 3.8) is 0 Å². The Kier molecular flexibility index (Phi) is 7.30. The summed E-state index contributed by atoms with van der Waals surface area (Å²) in [5, 5.41) is 10.7. The van der Waals surface area contributed by atoms with Gasteiger partial charge in [0.1, 0.15) is 0 Å². The average molecular weight is 451 g/mol. The molecule has 2 atom stereocenters. The number of piperidine rings is 1. The molecule has 2 aromatic rings. The number of carbonyl (C=O) groups is 1. The highest BCUT2D eigenvalue weighted by Crippen LogP contribution is 2.36. The van der Waals surface area contributed by atoms with Crippen LogP contribution in [0.25, 0.3) is 0 Å². The summed E-state index contributed by atoms with van der Waals surface area (Å²) < 4.78 is 6.51. The van der Waals surface area contributed by atoms with E-state index >= 15 is 0 Å². The molecular formula is C27H38N4O2. The summed E-state index contributed by atoms with van der Waals surface area (Å²) in [5.41, 5.74) is 2.50. The van der Waals surface area contributed by atoms with Crippen LogP contribution in [0.15, 0.2) is 42.6 Å². The smallest absolute Gasteiger partial charge is 0.317 e. The lowest BCUT2D eigenvalue weighted by atomic mass is 9.82. The summed E-state index contributed by atoms with van der Waals surface area (Å²) in [4.78, 5) is 15.2. The highest BCUT2D eigenvalue weighted by Gasteiger charge is 2.37. The van der Waals surface area contributed by atoms with E-state index in [4.69, 9.17) is 4.74 Å². The maximum Gasteiger partial charge on any atom is 0.317 e. The highest BCUT2D eigenvalue weighted by molar-refractivity contribution is 5.74. The molecule has 3 fully saturated rings. The minimum atomic E-state index is 0.0373. The Bertz CT molecular complexity index is 860. The average Bonchev–Trinajstić information content (AvgIpc) is 3.37. The molecule has 6 heteroatoms. The first kappa shape index (κ1) is 22.5. The van der Waals surface area contributed by atoms with E-state index in [1.807, 2.05) is 11.1 Å². The second-order valence-electron chi connectivity index (χ2n) is 10.2. The van der Waals surface area contributed by atoms with Gasteiger partial charge in [-0.1, -0.05) is 36.8 Å². The molecule has 0 radical (unpaired) electrons. The second kappa shape index (κ2) is 10.7. The number of hydrogen-bond donors (Lipinski definition) is 2. The lowest BCUT2D eigenvalue weighted by Gasteiger charge is -2.42. The fourth-order valence-corrected chi connectivity index (χ4v) is 5.89. The second-order valence-corrected chi connectivity index (χ2v) is 10.2. The number of nitrogens with zero attached hydrogens (tertiary/aromatic N) is 2. The van der Waals surface area contributed by atoms with Crippen LogP contribution in [0.2, 0.25) is 0 Å². The Morgan fingerprint density at radius 1 is 1.03 bits per heavy atom. The predicted molar refractivity (Wildman–Crippen MR) is 129 cm³/mol. The van der Waals surface area contributed by atoms with Gasteiger partial charge in [-0.3, -0.25) is 5.10 Å². The molecule has 3 aliphatic rings. The largest absolute Gasteiger partial charge is 0.376 e. The van der Waals surface area contributed by atoms with Gasteiger partial charge in [0.05, 0.1) is 24.4 Å². The van der Waals surface area contributed by atoms with Crippen molar-refractivity contribution in [3.8, 4) is 0 Å². The maximum atomic E-state index is 13.2. The lowest BCUT2D eigenvalue weighted by Crippen LogP contribution is -2.54. The van der Waals surface area contributed by atoms with Crippen LogP contribution in [-0.2, 0) is 4.74 Å². The fraction of sp³-hybridized carbons (Fsp3) is 0.630. The van der Waals surface area contributed by atoms with E-state index in [9.17, 15) is 4.79 Å². The number of hydrogen-bond acceptors (Lipinski definition) is 3. The Morgan fingerprint density at radius 2 is 1.85 bits per heavy atom. The maximum absolute atomic E-state index is 13.2. The normalized spacial score (nSPS) is 28.3. The van der Waals surface area contributed by atoms with Gasteiger partial charge in [0.25, 0.3) is 0 Å². The zero-order valence-corrected chi connectivity index (χ0v) is 19.6. The zero-order valence-electron chi connectivity index (χ0n) is 19.6. The number of H-pyrrole nitrogens is 1. The van der Waals surface area contributed by atoms with Crippen LogP contribution in [0, 0.1) is 5.92 Å². The number of rotatable bonds is 7. The first-order valence-corrected chi connectivity index (χ1v) is 13.0. The van der Waals surface area contributed by atoms with Gasteiger partial charge < -0.3 is 15.0 Å². The number of urea groups is 1. The molecule has 2 N–H and O–H groups in total. The molecule has 1 saturated heterocycles. The molecule has 2 amide bonds. The van der Waals surface area contributed by atoms with E-state index in [0.717, 1.165) is 44.5 Å². The lowest BCUT2D eigenvalue weighted by molar-refractivity contribution is -0.0172. The first-order valence-electron chi connectivity index (χ1n) is 13.0. The number of amides is 2. The van der Waals surface area contributed by atoms with Gasteiger partial charge in [-0.25, -0.2) is 4.79 Å². The van der Waals surface area contributed by atoms with E-state index in [1.165, 1.54) is 37.7 Å². The Labute approximate surface area is 197 Å². The third kappa shape index (κ3) is 5.43. The summed E-state index contributed by atoms with van der Waals surface area (Å²) in [6.45, 7) is 2.20. The molecule has 1 aliphatic heterocycles. The predicted octanol–water partition coefficient (Wildman–Crippen LogP) is 5.21. The number of benzene rings is 1. The minimum absolute atomic E-state index is 0.0373. The number of nitrogens with one attached hydrogen (secondary N) is 2. The van der Waals surface area contributed by atoms with Crippen LogP contribution in [0.5, 0.6) is 0 Å².